The number of anilines is 1. The number of para-hydroxylation sites is 1. The van der Waals surface area contributed by atoms with E-state index in [0.717, 1.165) is 17.3 Å². The number of nitrogens with one attached hydrogen (secondary N) is 1. The number of hydrogen-bond acceptors (Lipinski definition) is 2. The number of hydrogen-bond donors (Lipinski definition) is 1. The summed E-state index contributed by atoms with van der Waals surface area (Å²) >= 11 is 0. The van der Waals surface area contributed by atoms with Gasteiger partial charge in [0, 0.05) is 35.8 Å². The lowest BCUT2D eigenvalue weighted by Gasteiger charge is -2.08. The molecule has 4 heteroatoms. The first kappa shape index (κ1) is 10.5. The van der Waals surface area contributed by atoms with Gasteiger partial charge in [0.2, 0.25) is 0 Å². The summed E-state index contributed by atoms with van der Waals surface area (Å²) < 4.78 is 23.9. The maximum Gasteiger partial charge on any atom is 0.266 e. The van der Waals surface area contributed by atoms with Crippen LogP contribution in [0.15, 0.2) is 53.3 Å². The minimum absolute atomic E-state index is 0.147. The third-order valence-electron chi connectivity index (χ3n) is 2.18. The van der Waals surface area contributed by atoms with E-state index in [1.807, 2.05) is 24.3 Å². The van der Waals surface area contributed by atoms with Crippen molar-refractivity contribution in [3.63, 3.8) is 0 Å². The lowest BCUT2D eigenvalue weighted by Crippen LogP contribution is -1.99. The summed E-state index contributed by atoms with van der Waals surface area (Å²) in [5, 5.41) is 3.07. The molecule has 1 aromatic carbocycles. The molecule has 0 bridgehead atoms. The summed E-state index contributed by atoms with van der Waals surface area (Å²) in [6.07, 6.45) is 2.59. The molecule has 0 aliphatic carbocycles. The third kappa shape index (κ3) is 2.53. The van der Waals surface area contributed by atoms with Gasteiger partial charge < -0.3 is 5.32 Å². The van der Waals surface area contributed by atoms with Crippen molar-refractivity contribution in [2.45, 2.75) is 6.42 Å². The topological polar surface area (TPSA) is 24.4 Å². The second-order valence-corrected chi connectivity index (χ2v) is 3.34. The predicted molar refractivity (Wildman–Crippen MR) is 60.7 cm³/mol. The zero-order valence-corrected chi connectivity index (χ0v) is 8.45. The van der Waals surface area contributed by atoms with Crippen molar-refractivity contribution in [1.29, 1.82) is 0 Å². The summed E-state index contributed by atoms with van der Waals surface area (Å²) in [6.45, 7) is 0. The first-order valence-electron chi connectivity index (χ1n) is 4.85. The van der Waals surface area contributed by atoms with Crippen LogP contribution in [0.3, 0.4) is 0 Å². The second-order valence-electron chi connectivity index (χ2n) is 3.34. The van der Waals surface area contributed by atoms with Crippen LogP contribution < -0.4 is 5.32 Å². The first-order chi connectivity index (χ1) is 7.75. The number of fused-ring (bicyclic) bond motifs is 1. The molecule has 16 heavy (non-hydrogen) atoms. The van der Waals surface area contributed by atoms with Crippen molar-refractivity contribution in [1.82, 2.24) is 0 Å². The number of aliphatic imine (C=N–C) groups is 1. The number of rotatable bonds is 2. The maximum atomic E-state index is 12.0. The molecule has 0 radical (unpaired) electrons. The van der Waals surface area contributed by atoms with E-state index in [4.69, 9.17) is 0 Å². The fourth-order valence-electron chi connectivity index (χ4n) is 1.43. The average molecular weight is 220 g/mol. The smallest absolute Gasteiger partial charge is 0.266 e. The van der Waals surface area contributed by atoms with E-state index in [1.165, 1.54) is 0 Å². The summed E-state index contributed by atoms with van der Waals surface area (Å²) in [7, 11) is 0. The Balaban J connectivity index is 2.19. The summed E-state index contributed by atoms with van der Waals surface area (Å²) in [6, 6.07) is 7.58. The van der Waals surface area contributed by atoms with E-state index < -0.39 is 6.08 Å². The van der Waals surface area contributed by atoms with Crippen molar-refractivity contribution in [3.05, 3.63) is 53.9 Å². The Morgan fingerprint density at radius 1 is 1.31 bits per heavy atom. The van der Waals surface area contributed by atoms with E-state index in [2.05, 4.69) is 10.3 Å². The highest BCUT2D eigenvalue weighted by Crippen LogP contribution is 2.19. The SMILES string of the molecule is FC(F)=CCC1=CN=Cc2ccccc2N1. The van der Waals surface area contributed by atoms with Crippen molar-refractivity contribution in [3.8, 4) is 0 Å². The normalized spacial score (nSPS) is 13.2. The van der Waals surface area contributed by atoms with Crippen molar-refractivity contribution < 1.29 is 8.78 Å². The molecule has 1 heterocycles. The molecule has 82 valence electrons. The van der Waals surface area contributed by atoms with Crippen LogP contribution in [0, 0.1) is 0 Å². The van der Waals surface area contributed by atoms with E-state index in [0.29, 0.717) is 5.70 Å². The van der Waals surface area contributed by atoms with Crippen molar-refractivity contribution in [2.24, 2.45) is 4.99 Å². The molecule has 0 saturated carbocycles. The average Bonchev–Trinajstić information content (AvgIpc) is 2.47. The van der Waals surface area contributed by atoms with Gasteiger partial charge in [-0.05, 0) is 12.1 Å². The molecule has 0 fully saturated rings. The largest absolute Gasteiger partial charge is 0.357 e. The van der Waals surface area contributed by atoms with Gasteiger partial charge in [-0.1, -0.05) is 18.2 Å². The number of benzene rings is 1. The standard InChI is InChI=1S/C12H10F2N2/c13-12(14)6-5-10-8-15-7-9-3-1-2-4-11(9)16-10/h1-4,6-8,16H,5H2. The summed E-state index contributed by atoms with van der Waals surface area (Å²) in [5.74, 6) is 0. The summed E-state index contributed by atoms with van der Waals surface area (Å²) in [5.41, 5.74) is 2.47. The highest BCUT2D eigenvalue weighted by atomic mass is 19.3. The van der Waals surface area contributed by atoms with E-state index in [-0.39, 0.29) is 6.42 Å². The third-order valence-corrected chi connectivity index (χ3v) is 2.18. The Morgan fingerprint density at radius 3 is 2.94 bits per heavy atom. The maximum absolute atomic E-state index is 12.0. The minimum atomic E-state index is -1.68. The van der Waals surface area contributed by atoms with Crippen LogP contribution in [0.25, 0.3) is 0 Å². The van der Waals surface area contributed by atoms with Gasteiger partial charge in [0.25, 0.3) is 6.08 Å². The molecule has 1 aliphatic rings. The molecule has 0 unspecified atom stereocenters. The highest BCUT2D eigenvalue weighted by Gasteiger charge is 2.04. The van der Waals surface area contributed by atoms with Crippen molar-refractivity contribution >= 4 is 11.9 Å². The molecule has 0 atom stereocenters. The quantitative estimate of drug-likeness (QED) is 0.809. The molecule has 0 amide bonds. The fraction of sp³-hybridized carbons (Fsp3) is 0.0833. The molecular formula is C12H10F2N2. The van der Waals surface area contributed by atoms with Gasteiger partial charge in [-0.15, -0.1) is 0 Å². The van der Waals surface area contributed by atoms with Crippen LogP contribution in [-0.4, -0.2) is 6.21 Å². The molecular weight excluding hydrogens is 210 g/mol. The number of nitrogens with zero attached hydrogens (tertiary/aromatic N) is 1. The van der Waals surface area contributed by atoms with E-state index >= 15 is 0 Å². The van der Waals surface area contributed by atoms with Gasteiger partial charge in [-0.25, -0.2) is 0 Å². The summed E-state index contributed by atoms with van der Waals surface area (Å²) in [4.78, 5) is 4.05. The monoisotopic (exact) mass is 220 g/mol. The zero-order chi connectivity index (χ0) is 11.4. The molecule has 2 nitrogen and oxygen atoms in total. The Hall–Kier alpha value is -1.97. The van der Waals surface area contributed by atoms with Gasteiger partial charge in [0.1, 0.15) is 0 Å². The first-order valence-corrected chi connectivity index (χ1v) is 4.85. The van der Waals surface area contributed by atoms with Crippen LogP contribution in [0.5, 0.6) is 0 Å². The highest BCUT2D eigenvalue weighted by molar-refractivity contribution is 5.89. The molecule has 0 spiro atoms. The van der Waals surface area contributed by atoms with Crippen LogP contribution in [-0.2, 0) is 0 Å². The van der Waals surface area contributed by atoms with Crippen LogP contribution in [0.1, 0.15) is 12.0 Å². The number of allylic oxidation sites excluding steroid dienone is 1. The Bertz CT molecular complexity index is 472. The molecule has 1 aliphatic heterocycles. The van der Waals surface area contributed by atoms with Crippen LogP contribution in [0.2, 0.25) is 0 Å². The van der Waals surface area contributed by atoms with Gasteiger partial charge in [0.05, 0.1) is 0 Å². The second kappa shape index (κ2) is 4.70. The lowest BCUT2D eigenvalue weighted by molar-refractivity contribution is 0.418. The molecule has 2 rings (SSSR count). The fourth-order valence-corrected chi connectivity index (χ4v) is 1.43. The van der Waals surface area contributed by atoms with Crippen molar-refractivity contribution in [2.75, 3.05) is 5.32 Å². The minimum Gasteiger partial charge on any atom is -0.357 e. The number of halogens is 2. The van der Waals surface area contributed by atoms with Crippen LogP contribution >= 0.6 is 0 Å². The molecule has 0 saturated heterocycles. The molecule has 1 aromatic rings. The molecule has 1 N–H and O–H groups in total. The molecule has 0 aromatic heterocycles. The Labute approximate surface area is 92.0 Å². The Morgan fingerprint density at radius 2 is 2.12 bits per heavy atom. The van der Waals surface area contributed by atoms with E-state index in [9.17, 15) is 8.78 Å². The van der Waals surface area contributed by atoms with Gasteiger partial charge >= 0.3 is 0 Å². The van der Waals surface area contributed by atoms with Gasteiger partial charge in [-0.3, -0.25) is 4.99 Å². The lowest BCUT2D eigenvalue weighted by atomic mass is 10.2. The van der Waals surface area contributed by atoms with Gasteiger partial charge in [0.15, 0.2) is 0 Å². The predicted octanol–water partition coefficient (Wildman–Crippen LogP) is 3.54. The van der Waals surface area contributed by atoms with Crippen LogP contribution in [0.4, 0.5) is 14.5 Å². The zero-order valence-electron chi connectivity index (χ0n) is 8.45. The Kier molecular flexibility index (Phi) is 3.10. The van der Waals surface area contributed by atoms with E-state index in [1.54, 1.807) is 12.4 Å². The van der Waals surface area contributed by atoms with Gasteiger partial charge in [-0.2, -0.15) is 8.78 Å².